The predicted molar refractivity (Wildman–Crippen MR) is 95.4 cm³/mol. The molecule has 1 aromatic rings. The third-order valence-corrected chi connectivity index (χ3v) is 4.87. The molecule has 2 rings (SSSR count). The first kappa shape index (κ1) is 19.8. The van der Waals surface area contributed by atoms with Gasteiger partial charge in [-0.05, 0) is 57.9 Å². The molecule has 0 spiro atoms. The van der Waals surface area contributed by atoms with Crippen LogP contribution in [0, 0.1) is 11.7 Å². The number of halogens is 1. The van der Waals surface area contributed by atoms with Crippen molar-refractivity contribution in [1.29, 1.82) is 0 Å². The van der Waals surface area contributed by atoms with Crippen molar-refractivity contribution in [2.75, 3.05) is 6.54 Å². The van der Waals surface area contributed by atoms with Crippen LogP contribution in [0.4, 0.5) is 4.39 Å². The lowest BCUT2D eigenvalue weighted by atomic mass is 9.79. The van der Waals surface area contributed by atoms with Gasteiger partial charge in [0.15, 0.2) is 0 Å². The number of pyridine rings is 1. The summed E-state index contributed by atoms with van der Waals surface area (Å²) in [4.78, 5) is 15.0. The summed E-state index contributed by atoms with van der Waals surface area (Å²) >= 11 is 0. The zero-order chi connectivity index (χ0) is 18.4. The molecule has 1 amide bonds. The summed E-state index contributed by atoms with van der Waals surface area (Å²) in [6.07, 6.45) is 7.18. The van der Waals surface area contributed by atoms with Gasteiger partial charge in [-0.1, -0.05) is 0 Å². The highest BCUT2D eigenvalue weighted by Gasteiger charge is 2.28. The summed E-state index contributed by atoms with van der Waals surface area (Å²) in [7, 11) is 0. The van der Waals surface area contributed by atoms with Crippen LogP contribution in [-0.2, 0) is 4.79 Å². The minimum atomic E-state index is -0.750. The van der Waals surface area contributed by atoms with Crippen LogP contribution in [0.5, 0.6) is 0 Å². The second-order valence-electron chi connectivity index (χ2n) is 7.85. The number of nitrogens with one attached hydrogen (secondary N) is 2. The van der Waals surface area contributed by atoms with Gasteiger partial charge in [-0.15, -0.1) is 0 Å². The first-order valence-electron chi connectivity index (χ1n) is 9.06. The normalized spacial score (nSPS) is 22.4. The monoisotopic (exact) mass is 351 g/mol. The Morgan fingerprint density at radius 3 is 2.64 bits per heavy atom. The van der Waals surface area contributed by atoms with Crippen molar-refractivity contribution in [2.24, 2.45) is 5.92 Å². The highest BCUT2D eigenvalue weighted by molar-refractivity contribution is 5.73. The van der Waals surface area contributed by atoms with Gasteiger partial charge >= 0.3 is 0 Å². The maximum absolute atomic E-state index is 13.2. The second-order valence-corrected chi connectivity index (χ2v) is 7.85. The highest BCUT2D eigenvalue weighted by atomic mass is 19.1. The van der Waals surface area contributed by atoms with E-state index in [2.05, 4.69) is 29.5 Å². The molecular formula is C19H30FN3O2. The molecule has 0 saturated heterocycles. The smallest absolute Gasteiger partial charge is 0.217 e. The zero-order valence-electron chi connectivity index (χ0n) is 15.4. The predicted octanol–water partition coefficient (Wildman–Crippen LogP) is 2.71. The number of aliphatic hydroxyl groups is 1. The molecule has 1 aliphatic carbocycles. The number of aliphatic hydroxyl groups excluding tert-OH is 1. The average Bonchev–Trinajstić information content (AvgIpc) is 2.52. The minimum absolute atomic E-state index is 0.0150. The second kappa shape index (κ2) is 8.72. The third kappa shape index (κ3) is 6.71. The summed E-state index contributed by atoms with van der Waals surface area (Å²) in [5.41, 5.74) is 0.329. The number of hydrogen-bond donors (Lipinski definition) is 3. The van der Waals surface area contributed by atoms with Crippen LogP contribution in [0.1, 0.15) is 64.5 Å². The number of nitrogens with zero attached hydrogens (tertiary/aromatic N) is 1. The Bertz CT molecular complexity index is 572. The Kier molecular flexibility index (Phi) is 6.90. The van der Waals surface area contributed by atoms with Crippen LogP contribution in [0.2, 0.25) is 0 Å². The summed E-state index contributed by atoms with van der Waals surface area (Å²) in [5.74, 6) is 0.192. The molecule has 5 nitrogen and oxygen atoms in total. The largest absolute Gasteiger partial charge is 0.387 e. The van der Waals surface area contributed by atoms with Crippen molar-refractivity contribution in [2.45, 2.75) is 70.6 Å². The summed E-state index contributed by atoms with van der Waals surface area (Å²) in [5, 5.41) is 16.6. The van der Waals surface area contributed by atoms with E-state index in [1.54, 1.807) is 6.92 Å². The Labute approximate surface area is 149 Å². The fourth-order valence-electron chi connectivity index (χ4n) is 3.83. The Hall–Kier alpha value is -1.53. The molecule has 0 aliphatic heterocycles. The average molecular weight is 351 g/mol. The summed E-state index contributed by atoms with van der Waals surface area (Å²) in [6.45, 7) is 6.10. The molecule has 0 radical (unpaired) electrons. The fraction of sp³-hybridized carbons (Fsp3) is 0.684. The van der Waals surface area contributed by atoms with Crippen molar-refractivity contribution in [1.82, 2.24) is 15.6 Å². The van der Waals surface area contributed by atoms with E-state index in [0.717, 1.165) is 38.3 Å². The molecule has 140 valence electrons. The van der Waals surface area contributed by atoms with Gasteiger partial charge in [0.05, 0.1) is 12.3 Å². The van der Waals surface area contributed by atoms with Crippen LogP contribution in [0.3, 0.4) is 0 Å². The molecule has 1 saturated carbocycles. The van der Waals surface area contributed by atoms with E-state index in [-0.39, 0.29) is 11.4 Å². The van der Waals surface area contributed by atoms with E-state index in [1.165, 1.54) is 12.3 Å². The molecule has 1 aliphatic rings. The van der Waals surface area contributed by atoms with Gasteiger partial charge in [0.1, 0.15) is 5.82 Å². The lowest BCUT2D eigenvalue weighted by Crippen LogP contribution is -2.44. The van der Waals surface area contributed by atoms with Crippen molar-refractivity contribution < 1.29 is 14.3 Å². The number of carbonyl (C=O) groups excluding carboxylic acids is 1. The molecular weight excluding hydrogens is 321 g/mol. The van der Waals surface area contributed by atoms with Gasteiger partial charge in [-0.3, -0.25) is 9.78 Å². The van der Waals surface area contributed by atoms with Crippen molar-refractivity contribution in [3.05, 3.63) is 29.8 Å². The summed E-state index contributed by atoms with van der Waals surface area (Å²) in [6, 6.07) is 1.69. The van der Waals surface area contributed by atoms with E-state index in [0.29, 0.717) is 24.1 Å². The van der Waals surface area contributed by atoms with Crippen molar-refractivity contribution in [3.8, 4) is 0 Å². The van der Waals surface area contributed by atoms with Crippen molar-refractivity contribution >= 4 is 5.91 Å². The van der Waals surface area contributed by atoms with Crippen LogP contribution in [-0.4, -0.2) is 34.1 Å². The van der Waals surface area contributed by atoms with Gasteiger partial charge < -0.3 is 15.7 Å². The van der Waals surface area contributed by atoms with Crippen molar-refractivity contribution in [3.63, 3.8) is 0 Å². The lowest BCUT2D eigenvalue weighted by molar-refractivity contribution is -0.120. The third-order valence-electron chi connectivity index (χ3n) is 4.87. The Morgan fingerprint density at radius 1 is 1.36 bits per heavy atom. The van der Waals surface area contributed by atoms with E-state index in [1.807, 2.05) is 0 Å². The zero-order valence-corrected chi connectivity index (χ0v) is 15.4. The van der Waals surface area contributed by atoms with E-state index in [9.17, 15) is 14.3 Å². The number of carbonyl (C=O) groups is 1. The molecule has 1 heterocycles. The maximum Gasteiger partial charge on any atom is 0.217 e. The molecule has 6 heteroatoms. The minimum Gasteiger partial charge on any atom is -0.387 e. The SMILES string of the molecule is CC(=O)NC(C)(C)C[C@H]1CC[C@@H](NC[C@H](O)c2cncc(F)c2)CC1. The van der Waals surface area contributed by atoms with E-state index < -0.39 is 11.9 Å². The quantitative estimate of drug-likeness (QED) is 0.706. The Balaban J connectivity index is 1.72. The Morgan fingerprint density at radius 2 is 2.04 bits per heavy atom. The molecule has 0 bridgehead atoms. The van der Waals surface area contributed by atoms with Crippen LogP contribution >= 0.6 is 0 Å². The molecule has 0 aromatic carbocycles. The maximum atomic E-state index is 13.2. The number of rotatable bonds is 7. The van der Waals surface area contributed by atoms with Gasteiger partial charge in [0, 0.05) is 36.8 Å². The fourth-order valence-corrected chi connectivity index (χ4v) is 3.83. The number of amides is 1. The molecule has 1 atom stereocenters. The molecule has 3 N–H and O–H groups in total. The molecule has 1 fully saturated rings. The van der Waals surface area contributed by atoms with E-state index >= 15 is 0 Å². The van der Waals surface area contributed by atoms with E-state index in [4.69, 9.17) is 0 Å². The van der Waals surface area contributed by atoms with Gasteiger partial charge in [-0.25, -0.2) is 4.39 Å². The number of hydrogen-bond acceptors (Lipinski definition) is 4. The molecule has 25 heavy (non-hydrogen) atoms. The number of aromatic nitrogens is 1. The van der Waals surface area contributed by atoms with Crippen LogP contribution in [0.15, 0.2) is 18.5 Å². The van der Waals surface area contributed by atoms with Crippen LogP contribution < -0.4 is 10.6 Å². The van der Waals surface area contributed by atoms with Gasteiger partial charge in [0.2, 0.25) is 5.91 Å². The molecule has 1 aromatic heterocycles. The first-order valence-corrected chi connectivity index (χ1v) is 9.06. The standard InChI is InChI=1S/C19H30FN3O2/c1-13(24)23-19(2,3)9-14-4-6-17(7-5-14)22-12-18(25)15-8-16(20)11-21-10-15/h8,10-11,14,17-18,22,25H,4-7,9,12H2,1-3H3,(H,23,24)/t14-,17+,18-/m0/s1. The topological polar surface area (TPSA) is 74.2 Å². The van der Waals surface area contributed by atoms with Gasteiger partial charge in [-0.2, -0.15) is 0 Å². The van der Waals surface area contributed by atoms with Crippen LogP contribution in [0.25, 0.3) is 0 Å². The lowest BCUT2D eigenvalue weighted by Gasteiger charge is -2.35. The molecule has 0 unspecified atom stereocenters. The summed E-state index contributed by atoms with van der Waals surface area (Å²) < 4.78 is 13.2. The van der Waals surface area contributed by atoms with Gasteiger partial charge in [0.25, 0.3) is 0 Å². The first-order chi connectivity index (χ1) is 11.7. The highest BCUT2D eigenvalue weighted by Crippen LogP contribution is 2.31.